The van der Waals surface area contributed by atoms with E-state index in [9.17, 15) is 9.59 Å². The van der Waals surface area contributed by atoms with E-state index in [1.54, 1.807) is 18.2 Å². The molecular formula is C29H26N2O2. The van der Waals surface area contributed by atoms with Gasteiger partial charge < -0.3 is 10.6 Å². The summed E-state index contributed by atoms with van der Waals surface area (Å²) in [6.45, 7) is 0.987. The van der Waals surface area contributed by atoms with E-state index >= 15 is 0 Å². The first-order valence-electron chi connectivity index (χ1n) is 11.0. The Kier molecular flexibility index (Phi) is 7.29. The molecule has 0 spiro atoms. The molecule has 33 heavy (non-hydrogen) atoms. The molecule has 0 heterocycles. The van der Waals surface area contributed by atoms with Gasteiger partial charge in [-0.25, -0.2) is 0 Å². The highest BCUT2D eigenvalue weighted by molar-refractivity contribution is 5.94. The van der Waals surface area contributed by atoms with Crippen LogP contribution >= 0.6 is 0 Å². The normalized spacial score (nSPS) is 10.9. The number of fused-ring (bicyclic) bond motifs is 1. The zero-order valence-electron chi connectivity index (χ0n) is 18.3. The minimum atomic E-state index is -0.161. The molecule has 2 N–H and O–H groups in total. The van der Waals surface area contributed by atoms with E-state index in [1.165, 1.54) is 10.9 Å². The zero-order valence-corrected chi connectivity index (χ0v) is 18.3. The minimum absolute atomic E-state index is 0.0974. The molecule has 4 rings (SSSR count). The van der Waals surface area contributed by atoms with Gasteiger partial charge in [-0.15, -0.1) is 0 Å². The van der Waals surface area contributed by atoms with E-state index in [4.69, 9.17) is 0 Å². The fourth-order valence-electron chi connectivity index (χ4n) is 3.57. The summed E-state index contributed by atoms with van der Waals surface area (Å²) in [6, 6.07) is 31.6. The second-order valence-electron chi connectivity index (χ2n) is 7.85. The molecule has 0 unspecified atom stereocenters. The van der Waals surface area contributed by atoms with Gasteiger partial charge in [-0.1, -0.05) is 78.9 Å². The Morgan fingerprint density at radius 2 is 1.42 bits per heavy atom. The number of nitrogens with one attached hydrogen (secondary N) is 2. The van der Waals surface area contributed by atoms with E-state index in [1.807, 2.05) is 72.8 Å². The average Bonchev–Trinajstić information content (AvgIpc) is 2.87. The molecule has 4 heteroatoms. The summed E-state index contributed by atoms with van der Waals surface area (Å²) >= 11 is 0. The number of hydrogen-bond acceptors (Lipinski definition) is 2. The van der Waals surface area contributed by atoms with E-state index in [-0.39, 0.29) is 11.8 Å². The zero-order chi connectivity index (χ0) is 22.9. The summed E-state index contributed by atoms with van der Waals surface area (Å²) < 4.78 is 0. The van der Waals surface area contributed by atoms with Crippen LogP contribution in [0.15, 0.2) is 103 Å². The van der Waals surface area contributed by atoms with Gasteiger partial charge in [0.25, 0.3) is 5.91 Å². The van der Waals surface area contributed by atoms with Gasteiger partial charge >= 0.3 is 0 Å². The quantitative estimate of drug-likeness (QED) is 0.377. The highest BCUT2D eigenvalue weighted by Crippen LogP contribution is 2.16. The van der Waals surface area contributed by atoms with Gasteiger partial charge in [0, 0.05) is 24.7 Å². The van der Waals surface area contributed by atoms with Crippen molar-refractivity contribution in [2.24, 2.45) is 0 Å². The number of carbonyl (C=O) groups excluding carboxylic acids is 2. The number of carbonyl (C=O) groups is 2. The lowest BCUT2D eigenvalue weighted by atomic mass is 10.1. The topological polar surface area (TPSA) is 58.2 Å². The molecule has 2 amide bonds. The predicted molar refractivity (Wildman–Crippen MR) is 134 cm³/mol. The molecule has 0 aromatic heterocycles. The van der Waals surface area contributed by atoms with Gasteiger partial charge in [-0.05, 0) is 58.2 Å². The first-order chi connectivity index (χ1) is 16.2. The lowest BCUT2D eigenvalue weighted by molar-refractivity contribution is -0.116. The molecule has 0 aliphatic heterocycles. The predicted octanol–water partition coefficient (Wildman–Crippen LogP) is 5.14. The summed E-state index contributed by atoms with van der Waals surface area (Å²) in [4.78, 5) is 24.5. The first-order valence-corrected chi connectivity index (χ1v) is 11.0. The second-order valence-corrected chi connectivity index (χ2v) is 7.85. The second kappa shape index (κ2) is 10.9. The maximum atomic E-state index is 12.3. The standard InChI is InChI=1S/C29H26N2O2/c32-28(17-13-23-10-14-25-8-4-5-9-27(25)20-23)31-21-24-11-15-26(16-12-24)29(33)30-19-18-22-6-2-1-3-7-22/h1-17,20H,18-19,21H2,(H,30,33)(H,31,32)/b17-13+. The number of rotatable bonds is 8. The molecule has 4 nitrogen and oxygen atoms in total. The van der Waals surface area contributed by atoms with Crippen molar-refractivity contribution < 1.29 is 9.59 Å². The lowest BCUT2D eigenvalue weighted by Crippen LogP contribution is -2.25. The molecule has 4 aromatic rings. The summed E-state index contributed by atoms with van der Waals surface area (Å²) in [5.41, 5.74) is 3.71. The molecule has 0 saturated carbocycles. The highest BCUT2D eigenvalue weighted by atomic mass is 16.2. The summed E-state index contributed by atoms with van der Waals surface area (Å²) in [6.07, 6.45) is 4.15. The molecule has 0 aliphatic rings. The van der Waals surface area contributed by atoms with Crippen LogP contribution in [0.4, 0.5) is 0 Å². The monoisotopic (exact) mass is 434 g/mol. The van der Waals surface area contributed by atoms with Gasteiger partial charge in [-0.3, -0.25) is 9.59 Å². The fraction of sp³-hybridized carbons (Fsp3) is 0.103. The smallest absolute Gasteiger partial charge is 0.251 e. The average molecular weight is 435 g/mol. The SMILES string of the molecule is O=C(/C=C/c1ccc2ccccc2c1)NCc1ccc(C(=O)NCCc2ccccc2)cc1. The molecule has 0 bridgehead atoms. The van der Waals surface area contributed by atoms with Gasteiger partial charge in [0.15, 0.2) is 0 Å². The Balaban J connectivity index is 1.24. The first kappa shape index (κ1) is 22.0. The minimum Gasteiger partial charge on any atom is -0.352 e. The van der Waals surface area contributed by atoms with Crippen LogP contribution in [0.25, 0.3) is 16.8 Å². The van der Waals surface area contributed by atoms with Crippen molar-refractivity contribution in [2.75, 3.05) is 6.54 Å². The Morgan fingerprint density at radius 1 is 0.697 bits per heavy atom. The van der Waals surface area contributed by atoms with Crippen molar-refractivity contribution in [3.63, 3.8) is 0 Å². The Labute approximate surface area is 194 Å². The van der Waals surface area contributed by atoms with Crippen molar-refractivity contribution in [3.8, 4) is 0 Å². The molecule has 0 fully saturated rings. The lowest BCUT2D eigenvalue weighted by Gasteiger charge is -2.07. The van der Waals surface area contributed by atoms with E-state index < -0.39 is 0 Å². The van der Waals surface area contributed by atoms with Crippen LogP contribution in [0, 0.1) is 0 Å². The number of benzene rings is 4. The van der Waals surface area contributed by atoms with Gasteiger partial charge in [0.2, 0.25) is 5.91 Å². The maximum Gasteiger partial charge on any atom is 0.251 e. The van der Waals surface area contributed by atoms with Crippen LogP contribution in [-0.2, 0) is 17.8 Å². The van der Waals surface area contributed by atoms with E-state index in [0.717, 1.165) is 22.9 Å². The molecule has 164 valence electrons. The van der Waals surface area contributed by atoms with Crippen molar-refractivity contribution >= 4 is 28.7 Å². The third-order valence-electron chi connectivity index (χ3n) is 5.43. The van der Waals surface area contributed by atoms with Crippen LogP contribution in [-0.4, -0.2) is 18.4 Å². The molecule has 0 saturated heterocycles. The van der Waals surface area contributed by atoms with Crippen molar-refractivity contribution in [1.29, 1.82) is 0 Å². The number of hydrogen-bond donors (Lipinski definition) is 2. The van der Waals surface area contributed by atoms with E-state index in [2.05, 4.69) is 28.8 Å². The van der Waals surface area contributed by atoms with Crippen molar-refractivity contribution in [1.82, 2.24) is 10.6 Å². The Morgan fingerprint density at radius 3 is 2.21 bits per heavy atom. The van der Waals surface area contributed by atoms with Gasteiger partial charge in [-0.2, -0.15) is 0 Å². The number of amides is 2. The Hall–Kier alpha value is -4.18. The van der Waals surface area contributed by atoms with Crippen LogP contribution in [0.2, 0.25) is 0 Å². The third-order valence-corrected chi connectivity index (χ3v) is 5.43. The fourth-order valence-corrected chi connectivity index (χ4v) is 3.57. The van der Waals surface area contributed by atoms with Crippen LogP contribution in [0.1, 0.15) is 27.0 Å². The largest absolute Gasteiger partial charge is 0.352 e. The maximum absolute atomic E-state index is 12.3. The Bertz CT molecular complexity index is 1260. The van der Waals surface area contributed by atoms with Crippen LogP contribution in [0.5, 0.6) is 0 Å². The molecule has 0 aliphatic carbocycles. The van der Waals surface area contributed by atoms with Crippen molar-refractivity contribution in [2.45, 2.75) is 13.0 Å². The molecule has 0 radical (unpaired) electrons. The van der Waals surface area contributed by atoms with E-state index in [0.29, 0.717) is 18.7 Å². The third kappa shape index (κ3) is 6.40. The van der Waals surface area contributed by atoms with Crippen LogP contribution in [0.3, 0.4) is 0 Å². The summed E-state index contributed by atoms with van der Waals surface area (Å²) in [7, 11) is 0. The van der Waals surface area contributed by atoms with Gasteiger partial charge in [0.1, 0.15) is 0 Å². The molecular weight excluding hydrogens is 408 g/mol. The van der Waals surface area contributed by atoms with Crippen molar-refractivity contribution in [3.05, 3.63) is 125 Å². The summed E-state index contributed by atoms with van der Waals surface area (Å²) in [5, 5.41) is 8.14. The summed E-state index contributed by atoms with van der Waals surface area (Å²) in [5.74, 6) is -0.259. The molecule has 4 aromatic carbocycles. The molecule has 0 atom stereocenters. The van der Waals surface area contributed by atoms with Crippen LogP contribution < -0.4 is 10.6 Å². The van der Waals surface area contributed by atoms with Gasteiger partial charge in [0.05, 0.1) is 0 Å². The highest BCUT2D eigenvalue weighted by Gasteiger charge is 2.05.